The summed E-state index contributed by atoms with van der Waals surface area (Å²) in [5.41, 5.74) is 1.90. The van der Waals surface area contributed by atoms with Gasteiger partial charge >= 0.3 is 0 Å². The number of nitrogens with zero attached hydrogens (tertiary/aromatic N) is 2. The number of para-hydroxylation sites is 1. The number of benzene rings is 1. The van der Waals surface area contributed by atoms with Crippen molar-refractivity contribution in [2.75, 3.05) is 18.5 Å². The number of ether oxygens (including phenoxy) is 2. The van der Waals surface area contributed by atoms with Crippen LogP contribution in [0.25, 0.3) is 11.2 Å². The Morgan fingerprint density at radius 1 is 1.22 bits per heavy atom. The molecule has 0 amide bonds. The van der Waals surface area contributed by atoms with E-state index in [4.69, 9.17) is 21.1 Å². The molecule has 0 aliphatic carbocycles. The van der Waals surface area contributed by atoms with E-state index in [-0.39, 0.29) is 10.7 Å². The van der Waals surface area contributed by atoms with Gasteiger partial charge in [0.05, 0.1) is 16.4 Å². The number of pyridine rings is 1. The molecule has 0 bridgehead atoms. The lowest BCUT2D eigenvalue weighted by molar-refractivity contribution is 0.171. The fraction of sp³-hybridized carbons (Fsp3) is 0.200. The summed E-state index contributed by atoms with van der Waals surface area (Å²) in [5, 5.41) is 3.11. The summed E-state index contributed by atoms with van der Waals surface area (Å²) < 4.78 is 25.1. The molecule has 1 aromatic carbocycles. The lowest BCUT2D eigenvalue weighted by Crippen LogP contribution is -2.17. The lowest BCUT2D eigenvalue weighted by Gasteiger charge is -2.19. The summed E-state index contributed by atoms with van der Waals surface area (Å²) in [6, 6.07) is 4.45. The largest absolute Gasteiger partial charge is 0.484 e. The lowest BCUT2D eigenvalue weighted by atomic mass is 10.3. The SMILES string of the molecule is Cc1nc2nc(Nc3c(F)cccc3Cl)[nH]c2c2c1OCCO2. The monoisotopic (exact) mass is 334 g/mol. The third-order valence-electron chi connectivity index (χ3n) is 3.50. The zero-order valence-electron chi connectivity index (χ0n) is 12.1. The number of nitrogens with one attached hydrogen (secondary N) is 2. The van der Waals surface area contributed by atoms with Gasteiger partial charge in [0.15, 0.2) is 17.1 Å². The summed E-state index contributed by atoms with van der Waals surface area (Å²) in [5.74, 6) is 1.02. The van der Waals surface area contributed by atoms with Crippen molar-refractivity contribution in [3.8, 4) is 11.5 Å². The van der Waals surface area contributed by atoms with Crippen LogP contribution in [-0.2, 0) is 0 Å². The first-order valence-corrected chi connectivity index (χ1v) is 7.38. The Morgan fingerprint density at radius 3 is 2.78 bits per heavy atom. The molecule has 0 unspecified atom stereocenters. The smallest absolute Gasteiger partial charge is 0.207 e. The van der Waals surface area contributed by atoms with Gasteiger partial charge in [0.25, 0.3) is 0 Å². The molecule has 8 heteroatoms. The summed E-state index contributed by atoms with van der Waals surface area (Å²) in [4.78, 5) is 11.7. The number of H-pyrrole nitrogens is 1. The van der Waals surface area contributed by atoms with Crippen LogP contribution < -0.4 is 14.8 Å². The van der Waals surface area contributed by atoms with Gasteiger partial charge in [-0.05, 0) is 19.1 Å². The standard InChI is InChI=1S/C15H12ClFN4O2/c1-7-12-13(23-6-5-22-12)11-14(18-7)21-15(20-11)19-10-8(16)3-2-4-9(10)17/h2-4H,5-6H2,1H3,(H2,18,19,20,21). The minimum atomic E-state index is -0.469. The summed E-state index contributed by atoms with van der Waals surface area (Å²) in [6.45, 7) is 2.75. The minimum Gasteiger partial charge on any atom is -0.484 e. The molecule has 118 valence electrons. The van der Waals surface area contributed by atoms with E-state index in [1.807, 2.05) is 6.92 Å². The number of rotatable bonds is 2. The molecule has 23 heavy (non-hydrogen) atoms. The summed E-state index contributed by atoms with van der Waals surface area (Å²) in [7, 11) is 0. The van der Waals surface area contributed by atoms with E-state index in [9.17, 15) is 4.39 Å². The minimum absolute atomic E-state index is 0.149. The van der Waals surface area contributed by atoms with Gasteiger partial charge in [-0.2, -0.15) is 4.98 Å². The number of imidazole rings is 1. The maximum Gasteiger partial charge on any atom is 0.207 e. The van der Waals surface area contributed by atoms with Gasteiger partial charge in [-0.25, -0.2) is 9.37 Å². The Labute approximate surface area is 135 Å². The van der Waals surface area contributed by atoms with Gasteiger partial charge < -0.3 is 19.8 Å². The highest BCUT2D eigenvalue weighted by molar-refractivity contribution is 6.33. The molecule has 0 saturated carbocycles. The van der Waals surface area contributed by atoms with E-state index < -0.39 is 5.82 Å². The van der Waals surface area contributed by atoms with Crippen LogP contribution in [-0.4, -0.2) is 28.2 Å². The van der Waals surface area contributed by atoms with Crippen molar-refractivity contribution < 1.29 is 13.9 Å². The molecule has 1 aliphatic heterocycles. The molecule has 2 N–H and O–H groups in total. The van der Waals surface area contributed by atoms with Crippen LogP contribution in [0.5, 0.6) is 11.5 Å². The number of aromatic amines is 1. The molecule has 0 saturated heterocycles. The van der Waals surface area contributed by atoms with Crippen molar-refractivity contribution >= 4 is 34.4 Å². The Hall–Kier alpha value is -2.54. The Balaban J connectivity index is 1.81. The fourth-order valence-electron chi connectivity index (χ4n) is 2.48. The number of fused-ring (bicyclic) bond motifs is 3. The average molecular weight is 335 g/mol. The number of aromatic nitrogens is 3. The summed E-state index contributed by atoms with van der Waals surface area (Å²) >= 11 is 6.01. The average Bonchev–Trinajstić information content (AvgIpc) is 2.94. The molecule has 0 spiro atoms. The van der Waals surface area contributed by atoms with E-state index >= 15 is 0 Å². The molecule has 0 fully saturated rings. The van der Waals surface area contributed by atoms with Crippen LogP contribution in [0.3, 0.4) is 0 Å². The third-order valence-corrected chi connectivity index (χ3v) is 3.82. The highest BCUT2D eigenvalue weighted by atomic mass is 35.5. The second-order valence-corrected chi connectivity index (χ2v) is 5.47. The number of aryl methyl sites for hydroxylation is 1. The van der Waals surface area contributed by atoms with Crippen molar-refractivity contribution in [3.05, 3.63) is 34.7 Å². The molecule has 0 radical (unpaired) electrons. The van der Waals surface area contributed by atoms with E-state index in [1.165, 1.54) is 12.1 Å². The zero-order chi connectivity index (χ0) is 16.0. The molecule has 6 nitrogen and oxygen atoms in total. The number of halogens is 2. The molecular formula is C15H12ClFN4O2. The van der Waals surface area contributed by atoms with Crippen molar-refractivity contribution in [3.63, 3.8) is 0 Å². The first-order valence-electron chi connectivity index (χ1n) is 7.00. The quantitative estimate of drug-likeness (QED) is 0.749. The van der Waals surface area contributed by atoms with E-state index in [0.717, 1.165) is 0 Å². The maximum absolute atomic E-state index is 13.9. The maximum atomic E-state index is 13.9. The summed E-state index contributed by atoms with van der Waals surface area (Å²) in [6.07, 6.45) is 0. The van der Waals surface area contributed by atoms with Crippen molar-refractivity contribution in [1.82, 2.24) is 15.0 Å². The van der Waals surface area contributed by atoms with Crippen molar-refractivity contribution in [2.45, 2.75) is 6.92 Å². The van der Waals surface area contributed by atoms with Crippen LogP contribution in [0.4, 0.5) is 16.0 Å². The van der Waals surface area contributed by atoms with Crippen LogP contribution in [0.2, 0.25) is 5.02 Å². The number of hydrogen-bond acceptors (Lipinski definition) is 5. The predicted octanol–water partition coefficient (Wildman–Crippen LogP) is 3.57. The third kappa shape index (κ3) is 2.33. The van der Waals surface area contributed by atoms with E-state index in [0.29, 0.717) is 47.5 Å². The highest BCUT2D eigenvalue weighted by Gasteiger charge is 2.22. The topological polar surface area (TPSA) is 72.1 Å². The van der Waals surface area contributed by atoms with Gasteiger partial charge in [0.2, 0.25) is 5.95 Å². The Kier molecular flexibility index (Phi) is 3.23. The molecule has 3 aromatic rings. The van der Waals surface area contributed by atoms with Crippen molar-refractivity contribution in [2.24, 2.45) is 0 Å². The first kappa shape index (κ1) is 14.1. The number of hydrogen-bond donors (Lipinski definition) is 2. The van der Waals surface area contributed by atoms with Gasteiger partial charge in [0.1, 0.15) is 24.5 Å². The second-order valence-electron chi connectivity index (χ2n) is 5.06. The second kappa shape index (κ2) is 5.27. The first-order chi connectivity index (χ1) is 11.1. The van der Waals surface area contributed by atoms with Crippen molar-refractivity contribution in [1.29, 1.82) is 0 Å². The zero-order valence-corrected chi connectivity index (χ0v) is 12.9. The van der Waals surface area contributed by atoms with Gasteiger partial charge in [-0.1, -0.05) is 17.7 Å². The molecular weight excluding hydrogens is 323 g/mol. The van der Waals surface area contributed by atoms with Gasteiger partial charge in [-0.3, -0.25) is 0 Å². The predicted molar refractivity (Wildman–Crippen MR) is 84.3 cm³/mol. The highest BCUT2D eigenvalue weighted by Crippen LogP contribution is 2.39. The van der Waals surface area contributed by atoms with Gasteiger partial charge in [-0.15, -0.1) is 0 Å². The molecule has 4 rings (SSSR count). The van der Waals surface area contributed by atoms with Crippen LogP contribution in [0.1, 0.15) is 5.69 Å². The normalized spacial score (nSPS) is 13.3. The fourth-order valence-corrected chi connectivity index (χ4v) is 2.69. The van der Waals surface area contributed by atoms with E-state index in [1.54, 1.807) is 6.07 Å². The van der Waals surface area contributed by atoms with Crippen LogP contribution >= 0.6 is 11.6 Å². The van der Waals surface area contributed by atoms with Crippen LogP contribution in [0.15, 0.2) is 18.2 Å². The molecule has 3 heterocycles. The Bertz CT molecular complexity index is 892. The number of anilines is 2. The van der Waals surface area contributed by atoms with Crippen LogP contribution in [0, 0.1) is 12.7 Å². The molecule has 1 aliphatic rings. The molecule has 2 aromatic heterocycles. The molecule has 0 atom stereocenters. The Morgan fingerprint density at radius 2 is 2.00 bits per heavy atom. The van der Waals surface area contributed by atoms with Gasteiger partial charge in [0, 0.05) is 0 Å². The van der Waals surface area contributed by atoms with E-state index in [2.05, 4.69) is 20.3 Å².